The summed E-state index contributed by atoms with van der Waals surface area (Å²) in [6.45, 7) is 1.36. The Hall–Kier alpha value is -1.06. The van der Waals surface area contributed by atoms with Crippen molar-refractivity contribution in [2.75, 3.05) is 6.54 Å². The summed E-state index contributed by atoms with van der Waals surface area (Å²) in [6, 6.07) is 8.18. The van der Waals surface area contributed by atoms with Gasteiger partial charge >= 0.3 is 0 Å². The third-order valence-corrected chi connectivity index (χ3v) is 3.67. The lowest BCUT2D eigenvalue weighted by Gasteiger charge is -2.22. The first-order chi connectivity index (χ1) is 9.20. The molecule has 0 radical (unpaired) electrons. The fraction of sp³-hybridized carbons (Fsp3) is 0.533. The van der Waals surface area contributed by atoms with Crippen LogP contribution in [-0.4, -0.2) is 23.4 Å². The summed E-state index contributed by atoms with van der Waals surface area (Å²) in [7, 11) is 0. The zero-order valence-electron chi connectivity index (χ0n) is 11.1. The second-order valence-electron chi connectivity index (χ2n) is 5.13. The fourth-order valence-corrected chi connectivity index (χ4v) is 2.28. The molecule has 0 unspecified atom stereocenters. The van der Waals surface area contributed by atoms with Gasteiger partial charge in [0.25, 0.3) is 0 Å². The van der Waals surface area contributed by atoms with E-state index in [2.05, 4.69) is 0 Å². The number of hydrogen-bond acceptors (Lipinski definition) is 2. The zero-order chi connectivity index (χ0) is 13.7. The molecule has 2 N–H and O–H groups in total. The minimum absolute atomic E-state index is 0.255. The van der Waals surface area contributed by atoms with Gasteiger partial charge in [0, 0.05) is 24.0 Å². The number of amides is 1. The molecule has 104 valence electrons. The lowest BCUT2D eigenvalue weighted by Crippen LogP contribution is -2.32. The van der Waals surface area contributed by atoms with Crippen LogP contribution in [0.3, 0.4) is 0 Å². The maximum absolute atomic E-state index is 12.2. The van der Waals surface area contributed by atoms with Crippen LogP contribution in [0.1, 0.15) is 37.7 Å². The molecule has 1 aromatic rings. The smallest absolute Gasteiger partial charge is 0.223 e. The van der Waals surface area contributed by atoms with Crippen molar-refractivity contribution in [2.45, 2.75) is 44.7 Å². The van der Waals surface area contributed by atoms with E-state index in [1.807, 2.05) is 29.2 Å². The molecule has 19 heavy (non-hydrogen) atoms. The van der Waals surface area contributed by atoms with Crippen molar-refractivity contribution in [2.24, 2.45) is 5.73 Å². The lowest BCUT2D eigenvalue weighted by atomic mass is 10.1. The van der Waals surface area contributed by atoms with E-state index in [1.165, 1.54) is 0 Å². The molecule has 1 saturated carbocycles. The predicted molar refractivity (Wildman–Crippen MR) is 77.9 cm³/mol. The van der Waals surface area contributed by atoms with Crippen LogP contribution in [0.25, 0.3) is 0 Å². The van der Waals surface area contributed by atoms with Crippen molar-refractivity contribution in [3.05, 3.63) is 34.9 Å². The van der Waals surface area contributed by atoms with Crippen LogP contribution in [0.4, 0.5) is 0 Å². The van der Waals surface area contributed by atoms with Gasteiger partial charge < -0.3 is 10.6 Å². The standard InChI is InChI=1S/C15H21ClN2O/c16-13-6-4-12(5-7-13)11-18(14-8-9-14)15(19)3-1-2-10-17/h4-7,14H,1-3,8-11,17H2. The van der Waals surface area contributed by atoms with Crippen molar-refractivity contribution >= 4 is 17.5 Å². The fourth-order valence-electron chi connectivity index (χ4n) is 2.16. The Morgan fingerprint density at radius 3 is 2.53 bits per heavy atom. The Bertz CT molecular complexity index is 415. The molecule has 1 amide bonds. The highest BCUT2D eigenvalue weighted by Gasteiger charge is 2.31. The topological polar surface area (TPSA) is 46.3 Å². The highest BCUT2D eigenvalue weighted by Crippen LogP contribution is 2.29. The van der Waals surface area contributed by atoms with E-state index in [0.717, 1.165) is 36.3 Å². The van der Waals surface area contributed by atoms with Crippen LogP contribution in [0, 0.1) is 0 Å². The summed E-state index contributed by atoms with van der Waals surface area (Å²) in [5.74, 6) is 0.255. The van der Waals surface area contributed by atoms with Gasteiger partial charge in [-0.1, -0.05) is 23.7 Å². The summed E-state index contributed by atoms with van der Waals surface area (Å²) in [5.41, 5.74) is 6.61. The highest BCUT2D eigenvalue weighted by molar-refractivity contribution is 6.30. The Kier molecular flexibility index (Phi) is 5.23. The summed E-state index contributed by atoms with van der Waals surface area (Å²) in [4.78, 5) is 14.2. The van der Waals surface area contributed by atoms with E-state index in [9.17, 15) is 4.79 Å². The van der Waals surface area contributed by atoms with Crippen molar-refractivity contribution < 1.29 is 4.79 Å². The van der Waals surface area contributed by atoms with Crippen LogP contribution < -0.4 is 5.73 Å². The Balaban J connectivity index is 1.92. The minimum Gasteiger partial charge on any atom is -0.335 e. The molecule has 0 bridgehead atoms. The molecule has 0 saturated heterocycles. The molecule has 0 aromatic heterocycles. The summed E-state index contributed by atoms with van der Waals surface area (Å²) >= 11 is 5.88. The second kappa shape index (κ2) is 6.92. The number of carbonyl (C=O) groups is 1. The van der Waals surface area contributed by atoms with Crippen LogP contribution in [0.15, 0.2) is 24.3 Å². The van der Waals surface area contributed by atoms with Crippen molar-refractivity contribution in [1.82, 2.24) is 4.90 Å². The average molecular weight is 281 g/mol. The van der Waals surface area contributed by atoms with Gasteiger partial charge in [0.15, 0.2) is 0 Å². The maximum atomic E-state index is 12.2. The maximum Gasteiger partial charge on any atom is 0.223 e. The highest BCUT2D eigenvalue weighted by atomic mass is 35.5. The first-order valence-electron chi connectivity index (χ1n) is 6.94. The molecule has 1 aromatic carbocycles. The molecule has 1 fully saturated rings. The molecule has 2 rings (SSSR count). The van der Waals surface area contributed by atoms with Gasteiger partial charge in [0.1, 0.15) is 0 Å². The van der Waals surface area contributed by atoms with Gasteiger partial charge in [-0.25, -0.2) is 0 Å². The van der Waals surface area contributed by atoms with Crippen molar-refractivity contribution in [3.8, 4) is 0 Å². The first kappa shape index (κ1) is 14.4. The van der Waals surface area contributed by atoms with Crippen molar-refractivity contribution in [1.29, 1.82) is 0 Å². The van der Waals surface area contributed by atoms with Crippen LogP contribution >= 0.6 is 11.6 Å². The first-order valence-corrected chi connectivity index (χ1v) is 7.32. The number of unbranched alkanes of at least 4 members (excludes halogenated alkanes) is 1. The summed E-state index contributed by atoms with van der Waals surface area (Å²) in [6.07, 6.45) is 4.69. The average Bonchev–Trinajstić information content (AvgIpc) is 3.22. The zero-order valence-corrected chi connectivity index (χ0v) is 11.9. The number of rotatable bonds is 7. The number of nitrogens with two attached hydrogens (primary N) is 1. The summed E-state index contributed by atoms with van der Waals surface area (Å²) < 4.78 is 0. The van der Waals surface area contributed by atoms with E-state index >= 15 is 0 Å². The van der Waals surface area contributed by atoms with E-state index in [4.69, 9.17) is 17.3 Å². The molecule has 1 aliphatic rings. The van der Waals surface area contributed by atoms with Gasteiger partial charge in [-0.2, -0.15) is 0 Å². The summed E-state index contributed by atoms with van der Waals surface area (Å²) in [5, 5.41) is 0.732. The van der Waals surface area contributed by atoms with Crippen LogP contribution in [0.2, 0.25) is 5.02 Å². The molecule has 4 heteroatoms. The number of benzene rings is 1. The van der Waals surface area contributed by atoms with Gasteiger partial charge in [0.2, 0.25) is 5.91 Å². The van der Waals surface area contributed by atoms with E-state index in [0.29, 0.717) is 25.6 Å². The SMILES string of the molecule is NCCCCC(=O)N(Cc1ccc(Cl)cc1)C1CC1. The molecule has 3 nitrogen and oxygen atoms in total. The van der Waals surface area contributed by atoms with Gasteiger partial charge in [-0.05, 0) is 49.9 Å². The number of carbonyl (C=O) groups excluding carboxylic acids is 1. The Morgan fingerprint density at radius 2 is 1.95 bits per heavy atom. The molecule has 1 aliphatic carbocycles. The van der Waals surface area contributed by atoms with Gasteiger partial charge in [0.05, 0.1) is 0 Å². The molecule has 0 atom stereocenters. The molecule has 0 heterocycles. The molecular formula is C15H21ClN2O. The largest absolute Gasteiger partial charge is 0.335 e. The third-order valence-electron chi connectivity index (χ3n) is 3.42. The van der Waals surface area contributed by atoms with E-state index in [-0.39, 0.29) is 5.91 Å². The van der Waals surface area contributed by atoms with Crippen LogP contribution in [-0.2, 0) is 11.3 Å². The second-order valence-corrected chi connectivity index (χ2v) is 5.56. The van der Waals surface area contributed by atoms with E-state index < -0.39 is 0 Å². The number of halogens is 1. The van der Waals surface area contributed by atoms with Gasteiger partial charge in [-0.15, -0.1) is 0 Å². The number of hydrogen-bond donors (Lipinski definition) is 1. The Morgan fingerprint density at radius 1 is 1.26 bits per heavy atom. The van der Waals surface area contributed by atoms with Crippen LogP contribution in [0.5, 0.6) is 0 Å². The third kappa shape index (κ3) is 4.51. The molecule has 0 aliphatic heterocycles. The quantitative estimate of drug-likeness (QED) is 0.781. The molecular weight excluding hydrogens is 260 g/mol. The molecule has 0 spiro atoms. The van der Waals surface area contributed by atoms with E-state index in [1.54, 1.807) is 0 Å². The predicted octanol–water partition coefficient (Wildman–Crippen LogP) is 2.96. The number of nitrogens with zero attached hydrogens (tertiary/aromatic N) is 1. The Labute approximate surface area is 119 Å². The minimum atomic E-state index is 0.255. The normalized spacial score (nSPS) is 14.4. The monoisotopic (exact) mass is 280 g/mol. The van der Waals surface area contributed by atoms with Gasteiger partial charge in [-0.3, -0.25) is 4.79 Å². The lowest BCUT2D eigenvalue weighted by molar-refractivity contribution is -0.132. The van der Waals surface area contributed by atoms with Crippen molar-refractivity contribution in [3.63, 3.8) is 0 Å².